The summed E-state index contributed by atoms with van der Waals surface area (Å²) in [6, 6.07) is 8.96. The van der Waals surface area contributed by atoms with Gasteiger partial charge in [0.1, 0.15) is 0 Å². The molecule has 0 bridgehead atoms. The van der Waals surface area contributed by atoms with Crippen LogP contribution in [-0.2, 0) is 0 Å². The third kappa shape index (κ3) is 0.632. The zero-order valence-corrected chi connectivity index (χ0v) is 6.62. The van der Waals surface area contributed by atoms with E-state index >= 15 is 0 Å². The summed E-state index contributed by atoms with van der Waals surface area (Å²) in [7, 11) is 0. The molecule has 1 heteroatoms. The van der Waals surface area contributed by atoms with Crippen LogP contribution in [0.3, 0.4) is 0 Å². The maximum atomic E-state index is 3.33. The average Bonchev–Trinajstić information content (AvgIpc) is 2.62. The molecule has 2 aliphatic rings. The van der Waals surface area contributed by atoms with Crippen LogP contribution in [0, 0.1) is 0 Å². The summed E-state index contributed by atoms with van der Waals surface area (Å²) in [5.74, 6) is 0. The van der Waals surface area contributed by atoms with E-state index in [1.807, 2.05) is 6.20 Å². The lowest BCUT2D eigenvalue weighted by Crippen LogP contribution is -2.08. The van der Waals surface area contributed by atoms with Crippen LogP contribution in [0.25, 0.3) is 6.08 Å². The van der Waals surface area contributed by atoms with E-state index in [0.29, 0.717) is 6.04 Å². The van der Waals surface area contributed by atoms with Gasteiger partial charge in [0.05, 0.1) is 6.04 Å². The van der Waals surface area contributed by atoms with Gasteiger partial charge in [0.25, 0.3) is 0 Å². The number of hydrogen-bond donors (Lipinski definition) is 1. The van der Waals surface area contributed by atoms with Gasteiger partial charge in [-0.25, -0.2) is 0 Å². The summed E-state index contributed by atoms with van der Waals surface area (Å²) in [4.78, 5) is 0. The van der Waals surface area contributed by atoms with E-state index in [9.17, 15) is 0 Å². The van der Waals surface area contributed by atoms with Crippen molar-refractivity contribution in [3.05, 3.63) is 53.2 Å². The molecule has 1 aliphatic heterocycles. The van der Waals surface area contributed by atoms with Crippen LogP contribution in [0.1, 0.15) is 17.2 Å². The van der Waals surface area contributed by atoms with Crippen molar-refractivity contribution in [3.63, 3.8) is 0 Å². The molecule has 1 aromatic carbocycles. The third-order valence-electron chi connectivity index (χ3n) is 2.50. The molecule has 58 valence electrons. The summed E-state index contributed by atoms with van der Waals surface area (Å²) in [5, 5.41) is 3.33. The molecule has 1 nitrogen and oxygen atoms in total. The molecule has 1 aromatic rings. The van der Waals surface area contributed by atoms with Crippen molar-refractivity contribution < 1.29 is 0 Å². The first-order valence-electron chi connectivity index (χ1n) is 4.18. The highest BCUT2D eigenvalue weighted by atomic mass is 14.9. The fraction of sp³-hybridized carbons (Fsp3) is 0.0909. The van der Waals surface area contributed by atoms with E-state index < -0.39 is 0 Å². The maximum absolute atomic E-state index is 3.33. The molecule has 1 N–H and O–H groups in total. The molecular formula is C11H9N. The summed E-state index contributed by atoms with van der Waals surface area (Å²) in [6.45, 7) is 0. The SMILES string of the molecule is C1=CC2=Cc3ccccc3C2N1. The smallest absolute Gasteiger partial charge is 0.0769 e. The monoisotopic (exact) mass is 155 g/mol. The predicted octanol–water partition coefficient (Wildman–Crippen LogP) is 2.24. The van der Waals surface area contributed by atoms with Gasteiger partial charge < -0.3 is 5.32 Å². The maximum Gasteiger partial charge on any atom is 0.0769 e. The number of fused-ring (bicyclic) bond motifs is 3. The van der Waals surface area contributed by atoms with Gasteiger partial charge in [0.2, 0.25) is 0 Å². The standard InChI is InChI=1S/C11H9N/c1-2-4-10-8(3-1)7-9-5-6-12-11(9)10/h1-7,11-12H. The van der Waals surface area contributed by atoms with E-state index in [-0.39, 0.29) is 0 Å². The second kappa shape index (κ2) is 2.01. The van der Waals surface area contributed by atoms with E-state index in [1.54, 1.807) is 0 Å². The highest BCUT2D eigenvalue weighted by molar-refractivity contribution is 5.70. The topological polar surface area (TPSA) is 12.0 Å². The van der Waals surface area contributed by atoms with Crippen molar-refractivity contribution in [3.8, 4) is 0 Å². The van der Waals surface area contributed by atoms with Crippen LogP contribution in [0.15, 0.2) is 42.1 Å². The van der Waals surface area contributed by atoms with Gasteiger partial charge in [-0.1, -0.05) is 24.3 Å². The van der Waals surface area contributed by atoms with Gasteiger partial charge in [0, 0.05) is 0 Å². The second-order valence-electron chi connectivity index (χ2n) is 3.21. The van der Waals surface area contributed by atoms with Crippen molar-refractivity contribution >= 4 is 6.08 Å². The molecule has 1 atom stereocenters. The Balaban J connectivity index is 2.22. The highest BCUT2D eigenvalue weighted by Gasteiger charge is 2.24. The minimum Gasteiger partial charge on any atom is -0.380 e. The molecule has 0 saturated carbocycles. The molecule has 1 aliphatic carbocycles. The number of rotatable bonds is 0. The third-order valence-corrected chi connectivity index (χ3v) is 2.50. The lowest BCUT2D eigenvalue weighted by molar-refractivity contribution is 0.776. The summed E-state index contributed by atoms with van der Waals surface area (Å²) in [5.41, 5.74) is 4.14. The molecular weight excluding hydrogens is 146 g/mol. The minimum absolute atomic E-state index is 0.432. The largest absolute Gasteiger partial charge is 0.380 e. The van der Waals surface area contributed by atoms with Crippen molar-refractivity contribution in [2.24, 2.45) is 0 Å². The van der Waals surface area contributed by atoms with Crippen molar-refractivity contribution in [2.45, 2.75) is 6.04 Å². The zero-order valence-electron chi connectivity index (χ0n) is 6.62. The summed E-state index contributed by atoms with van der Waals surface area (Å²) < 4.78 is 0. The van der Waals surface area contributed by atoms with E-state index in [4.69, 9.17) is 0 Å². The van der Waals surface area contributed by atoms with E-state index in [0.717, 1.165) is 0 Å². The van der Waals surface area contributed by atoms with Gasteiger partial charge in [-0.05, 0) is 35.1 Å². The molecule has 1 heterocycles. The first kappa shape index (κ1) is 6.06. The van der Waals surface area contributed by atoms with Crippen molar-refractivity contribution in [1.82, 2.24) is 5.32 Å². The van der Waals surface area contributed by atoms with Crippen LogP contribution >= 0.6 is 0 Å². The molecule has 0 radical (unpaired) electrons. The first-order valence-corrected chi connectivity index (χ1v) is 4.18. The van der Waals surface area contributed by atoms with E-state index in [2.05, 4.69) is 41.7 Å². The lowest BCUT2D eigenvalue weighted by Gasteiger charge is -2.08. The van der Waals surface area contributed by atoms with Gasteiger partial charge in [0.15, 0.2) is 0 Å². The van der Waals surface area contributed by atoms with Gasteiger partial charge in [-0.3, -0.25) is 0 Å². The summed E-state index contributed by atoms with van der Waals surface area (Å²) >= 11 is 0. The van der Waals surface area contributed by atoms with Crippen LogP contribution < -0.4 is 5.32 Å². The van der Waals surface area contributed by atoms with Gasteiger partial charge in [-0.2, -0.15) is 0 Å². The number of hydrogen-bond acceptors (Lipinski definition) is 1. The minimum atomic E-state index is 0.432. The Bertz CT molecular complexity index is 388. The molecule has 1 unspecified atom stereocenters. The molecule has 0 fully saturated rings. The first-order chi connectivity index (χ1) is 5.95. The molecule has 0 aromatic heterocycles. The van der Waals surface area contributed by atoms with Crippen LogP contribution in [0.4, 0.5) is 0 Å². The average molecular weight is 155 g/mol. The second-order valence-corrected chi connectivity index (χ2v) is 3.21. The van der Waals surface area contributed by atoms with Crippen LogP contribution in [0.2, 0.25) is 0 Å². The molecule has 0 spiro atoms. The number of nitrogens with one attached hydrogen (secondary N) is 1. The van der Waals surface area contributed by atoms with Crippen molar-refractivity contribution in [1.29, 1.82) is 0 Å². The molecule has 12 heavy (non-hydrogen) atoms. The van der Waals surface area contributed by atoms with Gasteiger partial charge in [-0.15, -0.1) is 0 Å². The summed E-state index contributed by atoms with van der Waals surface area (Å²) in [6.07, 6.45) is 6.41. The van der Waals surface area contributed by atoms with Crippen LogP contribution in [0.5, 0.6) is 0 Å². The van der Waals surface area contributed by atoms with E-state index in [1.165, 1.54) is 16.7 Å². The Morgan fingerprint density at radius 1 is 1.17 bits per heavy atom. The quantitative estimate of drug-likeness (QED) is 0.606. The Morgan fingerprint density at radius 2 is 2.08 bits per heavy atom. The Kier molecular flexibility index (Phi) is 1.01. The molecule has 3 rings (SSSR count). The Morgan fingerprint density at radius 3 is 3.08 bits per heavy atom. The Labute approximate surface area is 71.4 Å². The van der Waals surface area contributed by atoms with Gasteiger partial charge >= 0.3 is 0 Å². The van der Waals surface area contributed by atoms with Crippen LogP contribution in [-0.4, -0.2) is 0 Å². The molecule has 0 amide bonds. The molecule has 0 saturated heterocycles. The lowest BCUT2D eigenvalue weighted by atomic mass is 10.1. The fourth-order valence-electron chi connectivity index (χ4n) is 1.92. The number of benzene rings is 1. The highest BCUT2D eigenvalue weighted by Crippen LogP contribution is 2.37. The normalized spacial score (nSPS) is 23.0. The Hall–Kier alpha value is -1.50. The zero-order chi connectivity index (χ0) is 7.97. The fourth-order valence-corrected chi connectivity index (χ4v) is 1.92. The van der Waals surface area contributed by atoms with Crippen molar-refractivity contribution in [2.75, 3.05) is 0 Å². The predicted molar refractivity (Wildman–Crippen MR) is 49.4 cm³/mol.